The Hall–Kier alpha value is -1.71. The fourth-order valence-electron chi connectivity index (χ4n) is 1.76. The molecular weight excluding hydrogens is 420 g/mol. The molecule has 0 fully saturated rings. The van der Waals surface area contributed by atoms with E-state index in [9.17, 15) is 26.7 Å². The van der Waals surface area contributed by atoms with E-state index in [0.717, 1.165) is 3.57 Å². The predicted molar refractivity (Wildman–Crippen MR) is 78.1 cm³/mol. The number of hydrogen-bond donors (Lipinski definition) is 1. The summed E-state index contributed by atoms with van der Waals surface area (Å²) in [6.45, 7) is 1.62. The van der Waals surface area contributed by atoms with Gasteiger partial charge in [-0.2, -0.15) is 0 Å². The summed E-state index contributed by atoms with van der Waals surface area (Å²) in [7, 11) is 0. The first-order chi connectivity index (χ1) is 10.2. The van der Waals surface area contributed by atoms with Crippen LogP contribution >= 0.6 is 22.6 Å². The second-order valence-corrected chi connectivity index (χ2v) is 5.60. The number of rotatable bonds is 2. The number of aryl methyl sites for hydroxylation is 1. The summed E-state index contributed by atoms with van der Waals surface area (Å²) in [6, 6.07) is 4.75. The van der Waals surface area contributed by atoms with Crippen LogP contribution in [0.4, 0.5) is 27.6 Å². The minimum atomic E-state index is -2.31. The van der Waals surface area contributed by atoms with Crippen molar-refractivity contribution in [3.8, 4) is 0 Å². The zero-order valence-electron chi connectivity index (χ0n) is 10.9. The third-order valence-electron chi connectivity index (χ3n) is 2.87. The Morgan fingerprint density at radius 1 is 0.955 bits per heavy atom. The van der Waals surface area contributed by atoms with Crippen LogP contribution in [0.3, 0.4) is 0 Å². The van der Waals surface area contributed by atoms with E-state index in [4.69, 9.17) is 0 Å². The molecule has 0 unspecified atom stereocenters. The molecule has 8 heteroatoms. The van der Waals surface area contributed by atoms with Crippen LogP contribution in [0.2, 0.25) is 0 Å². The van der Waals surface area contributed by atoms with E-state index in [0.29, 0.717) is 5.56 Å². The lowest BCUT2D eigenvalue weighted by Crippen LogP contribution is -2.19. The van der Waals surface area contributed by atoms with Gasteiger partial charge in [-0.05, 0) is 53.3 Å². The smallest absolute Gasteiger partial charge is 0.261 e. The summed E-state index contributed by atoms with van der Waals surface area (Å²) >= 11 is 2.02. The highest BCUT2D eigenvalue weighted by atomic mass is 127. The minimum absolute atomic E-state index is 0.203. The van der Waals surface area contributed by atoms with Gasteiger partial charge in [0.2, 0.25) is 5.82 Å². The molecule has 0 spiro atoms. The first-order valence-electron chi connectivity index (χ1n) is 5.83. The molecule has 2 aromatic rings. The molecule has 2 aromatic carbocycles. The van der Waals surface area contributed by atoms with Gasteiger partial charge in [-0.1, -0.05) is 0 Å². The molecule has 1 amide bonds. The molecule has 0 aliphatic heterocycles. The van der Waals surface area contributed by atoms with Crippen molar-refractivity contribution < 1.29 is 26.7 Å². The molecule has 0 aliphatic carbocycles. The minimum Gasteiger partial charge on any atom is -0.322 e. The van der Waals surface area contributed by atoms with Crippen molar-refractivity contribution >= 4 is 34.2 Å². The van der Waals surface area contributed by atoms with Gasteiger partial charge in [-0.25, -0.2) is 22.0 Å². The second-order valence-electron chi connectivity index (χ2n) is 4.36. The highest BCUT2D eigenvalue weighted by molar-refractivity contribution is 14.1. The zero-order chi connectivity index (χ0) is 16.6. The molecule has 2 rings (SSSR count). The lowest BCUT2D eigenvalue weighted by molar-refractivity contribution is 0.101. The topological polar surface area (TPSA) is 29.1 Å². The predicted octanol–water partition coefficient (Wildman–Crippen LogP) is 4.55. The molecule has 22 heavy (non-hydrogen) atoms. The first-order valence-corrected chi connectivity index (χ1v) is 6.90. The quantitative estimate of drug-likeness (QED) is 0.324. The lowest BCUT2D eigenvalue weighted by Gasteiger charge is -2.11. The van der Waals surface area contributed by atoms with E-state index in [1.54, 1.807) is 19.1 Å². The van der Waals surface area contributed by atoms with Crippen LogP contribution in [0, 0.1) is 39.6 Å². The Bertz CT molecular complexity index is 749. The number of nitrogens with one attached hydrogen (secondary N) is 1. The molecule has 0 heterocycles. The molecule has 0 aromatic heterocycles. The largest absolute Gasteiger partial charge is 0.322 e. The van der Waals surface area contributed by atoms with Crippen molar-refractivity contribution in [1.29, 1.82) is 0 Å². The standard InChI is InChI=1S/C14H7F5INO/c1-5-4-6(20)2-3-7(5)21-14(22)8-9(15)11(17)13(19)12(18)10(8)16/h2-4H,1H3,(H,21,22). The molecule has 0 radical (unpaired) electrons. The number of amides is 1. The van der Waals surface area contributed by atoms with Crippen LogP contribution in [-0.4, -0.2) is 5.91 Å². The molecule has 0 saturated carbocycles. The third kappa shape index (κ3) is 2.92. The van der Waals surface area contributed by atoms with E-state index < -0.39 is 40.6 Å². The van der Waals surface area contributed by atoms with Gasteiger partial charge in [0.05, 0.1) is 0 Å². The van der Waals surface area contributed by atoms with Crippen LogP contribution in [0.15, 0.2) is 18.2 Å². The number of hydrogen-bond acceptors (Lipinski definition) is 1. The normalized spacial score (nSPS) is 10.7. The van der Waals surface area contributed by atoms with E-state index in [-0.39, 0.29) is 5.69 Å². The maximum absolute atomic E-state index is 13.5. The highest BCUT2D eigenvalue weighted by Gasteiger charge is 2.29. The van der Waals surface area contributed by atoms with Crippen molar-refractivity contribution in [3.63, 3.8) is 0 Å². The van der Waals surface area contributed by atoms with Gasteiger partial charge in [0.1, 0.15) is 5.56 Å². The van der Waals surface area contributed by atoms with Crippen molar-refractivity contribution in [2.75, 3.05) is 5.32 Å². The summed E-state index contributed by atoms with van der Waals surface area (Å²) < 4.78 is 67.0. The average Bonchev–Trinajstić information content (AvgIpc) is 2.46. The van der Waals surface area contributed by atoms with E-state index in [1.165, 1.54) is 6.07 Å². The van der Waals surface area contributed by atoms with Crippen LogP contribution < -0.4 is 5.32 Å². The first kappa shape index (κ1) is 16.7. The Kier molecular flexibility index (Phi) is 4.69. The molecule has 0 atom stereocenters. The second kappa shape index (κ2) is 6.19. The van der Waals surface area contributed by atoms with Gasteiger partial charge in [-0.15, -0.1) is 0 Å². The Labute approximate surface area is 135 Å². The van der Waals surface area contributed by atoms with E-state index in [2.05, 4.69) is 5.32 Å². The Morgan fingerprint density at radius 3 is 1.95 bits per heavy atom. The van der Waals surface area contributed by atoms with E-state index >= 15 is 0 Å². The Morgan fingerprint density at radius 2 is 1.45 bits per heavy atom. The van der Waals surface area contributed by atoms with Gasteiger partial charge in [0, 0.05) is 9.26 Å². The lowest BCUT2D eigenvalue weighted by atomic mass is 10.1. The monoisotopic (exact) mass is 427 g/mol. The van der Waals surface area contributed by atoms with Gasteiger partial charge in [-0.3, -0.25) is 4.79 Å². The molecule has 1 N–H and O–H groups in total. The maximum atomic E-state index is 13.5. The van der Waals surface area contributed by atoms with Crippen molar-refractivity contribution in [3.05, 3.63) is 62.0 Å². The number of anilines is 1. The molecule has 2 nitrogen and oxygen atoms in total. The van der Waals surface area contributed by atoms with Crippen LogP contribution in [0.1, 0.15) is 15.9 Å². The molecule has 0 aliphatic rings. The summed E-state index contributed by atoms with van der Waals surface area (Å²) in [4.78, 5) is 11.9. The number of halogens is 6. The summed E-state index contributed by atoms with van der Waals surface area (Å²) in [5.74, 6) is -12.4. The fraction of sp³-hybridized carbons (Fsp3) is 0.0714. The van der Waals surface area contributed by atoms with Crippen LogP contribution in [0.25, 0.3) is 0 Å². The number of carbonyl (C=O) groups is 1. The van der Waals surface area contributed by atoms with Gasteiger partial charge >= 0.3 is 0 Å². The summed E-state index contributed by atoms with van der Waals surface area (Å²) in [6.07, 6.45) is 0. The van der Waals surface area contributed by atoms with Gasteiger partial charge in [0.15, 0.2) is 23.3 Å². The van der Waals surface area contributed by atoms with Gasteiger partial charge < -0.3 is 5.32 Å². The summed E-state index contributed by atoms with van der Waals surface area (Å²) in [5, 5.41) is 2.13. The van der Waals surface area contributed by atoms with E-state index in [1.807, 2.05) is 22.6 Å². The van der Waals surface area contributed by atoms with Crippen molar-refractivity contribution in [2.24, 2.45) is 0 Å². The molecule has 116 valence electrons. The number of benzene rings is 2. The number of carbonyl (C=O) groups excluding carboxylic acids is 1. The molecule has 0 bridgehead atoms. The van der Waals surface area contributed by atoms with Crippen molar-refractivity contribution in [2.45, 2.75) is 6.92 Å². The Balaban J connectivity index is 2.46. The highest BCUT2D eigenvalue weighted by Crippen LogP contribution is 2.25. The SMILES string of the molecule is Cc1cc(I)ccc1NC(=O)c1c(F)c(F)c(F)c(F)c1F. The average molecular weight is 427 g/mol. The maximum Gasteiger partial charge on any atom is 0.261 e. The van der Waals surface area contributed by atoms with Crippen molar-refractivity contribution in [1.82, 2.24) is 0 Å². The molecule has 0 saturated heterocycles. The summed E-state index contributed by atoms with van der Waals surface area (Å²) in [5.41, 5.74) is -0.743. The van der Waals surface area contributed by atoms with Gasteiger partial charge in [0.25, 0.3) is 5.91 Å². The fourth-order valence-corrected chi connectivity index (χ4v) is 2.40. The zero-order valence-corrected chi connectivity index (χ0v) is 13.1. The molecular formula is C14H7F5INO. The van der Waals surface area contributed by atoms with Crippen LogP contribution in [0.5, 0.6) is 0 Å². The third-order valence-corrected chi connectivity index (χ3v) is 3.54. The van der Waals surface area contributed by atoms with Crippen LogP contribution in [-0.2, 0) is 0 Å².